The number of hydrogen-bond donors (Lipinski definition) is 1. The summed E-state index contributed by atoms with van der Waals surface area (Å²) in [5.41, 5.74) is 7.71. The number of nitrogens with two attached hydrogens (primary N) is 1. The number of anilines is 2. The van der Waals surface area contributed by atoms with Crippen LogP contribution in [0.2, 0.25) is 0 Å². The van der Waals surface area contributed by atoms with Gasteiger partial charge in [0.2, 0.25) is 5.95 Å². The molecule has 2 aliphatic heterocycles. The maximum Gasteiger partial charge on any atom is 0.222 e. The Morgan fingerprint density at radius 1 is 1.21 bits per heavy atom. The fourth-order valence-corrected chi connectivity index (χ4v) is 4.02. The molecule has 6 nitrogen and oxygen atoms in total. The number of nitrogen functional groups attached to an aromatic ring is 1. The van der Waals surface area contributed by atoms with Gasteiger partial charge in [0.1, 0.15) is 16.9 Å². The minimum atomic E-state index is -0.316. The molecular formula is C17H18FN5O. The molecule has 0 spiro atoms. The summed E-state index contributed by atoms with van der Waals surface area (Å²) in [4.78, 5) is 13.5. The summed E-state index contributed by atoms with van der Waals surface area (Å²) in [6.07, 6.45) is 2.47. The first-order valence-electron chi connectivity index (χ1n) is 8.33. The molecule has 124 valence electrons. The van der Waals surface area contributed by atoms with Crippen LogP contribution in [0.25, 0.3) is 22.1 Å². The minimum Gasteiger partial charge on any atom is -0.450 e. The average Bonchev–Trinajstić information content (AvgIpc) is 3.18. The molecule has 2 saturated heterocycles. The first-order valence-corrected chi connectivity index (χ1v) is 8.33. The molecule has 24 heavy (non-hydrogen) atoms. The molecule has 2 aliphatic rings. The van der Waals surface area contributed by atoms with E-state index in [9.17, 15) is 4.39 Å². The first-order chi connectivity index (χ1) is 11.7. The zero-order chi connectivity index (χ0) is 16.3. The number of aromatic nitrogens is 2. The van der Waals surface area contributed by atoms with Crippen molar-refractivity contribution < 1.29 is 8.81 Å². The first kappa shape index (κ1) is 14.0. The van der Waals surface area contributed by atoms with E-state index in [1.54, 1.807) is 6.07 Å². The molecule has 2 aromatic heterocycles. The van der Waals surface area contributed by atoms with Crippen LogP contribution in [0.3, 0.4) is 0 Å². The lowest BCUT2D eigenvalue weighted by Gasteiger charge is -2.38. The summed E-state index contributed by atoms with van der Waals surface area (Å²) < 4.78 is 19.6. The second-order valence-electron chi connectivity index (χ2n) is 6.60. The Bertz CT molecular complexity index is 940. The Labute approximate surface area is 138 Å². The molecule has 2 fully saturated rings. The van der Waals surface area contributed by atoms with Crippen molar-refractivity contribution >= 4 is 33.8 Å². The van der Waals surface area contributed by atoms with E-state index in [-0.39, 0.29) is 11.8 Å². The second-order valence-corrected chi connectivity index (χ2v) is 6.60. The predicted octanol–water partition coefficient (Wildman–Crippen LogP) is 2.38. The zero-order valence-corrected chi connectivity index (χ0v) is 13.2. The van der Waals surface area contributed by atoms with Crippen LogP contribution in [0.5, 0.6) is 0 Å². The Morgan fingerprint density at radius 2 is 2.12 bits per heavy atom. The van der Waals surface area contributed by atoms with Gasteiger partial charge in [0, 0.05) is 31.1 Å². The van der Waals surface area contributed by atoms with Crippen molar-refractivity contribution in [2.24, 2.45) is 0 Å². The highest BCUT2D eigenvalue weighted by Crippen LogP contribution is 2.35. The molecule has 1 unspecified atom stereocenters. The van der Waals surface area contributed by atoms with E-state index in [1.807, 2.05) is 0 Å². The quantitative estimate of drug-likeness (QED) is 0.740. The van der Waals surface area contributed by atoms with Crippen LogP contribution in [0, 0.1) is 5.82 Å². The van der Waals surface area contributed by atoms with E-state index in [2.05, 4.69) is 19.8 Å². The third-order valence-corrected chi connectivity index (χ3v) is 5.16. The number of fused-ring (bicyclic) bond motifs is 4. The zero-order valence-electron chi connectivity index (χ0n) is 13.2. The van der Waals surface area contributed by atoms with Crippen molar-refractivity contribution in [3.63, 3.8) is 0 Å². The van der Waals surface area contributed by atoms with Gasteiger partial charge in [-0.25, -0.2) is 9.37 Å². The summed E-state index contributed by atoms with van der Waals surface area (Å²) in [5.74, 6) is 0.600. The fourth-order valence-electron chi connectivity index (χ4n) is 4.02. The van der Waals surface area contributed by atoms with Crippen LogP contribution < -0.4 is 10.6 Å². The summed E-state index contributed by atoms with van der Waals surface area (Å²) in [7, 11) is 0. The van der Waals surface area contributed by atoms with Gasteiger partial charge in [-0.3, -0.25) is 4.90 Å². The molecule has 3 aromatic rings. The minimum absolute atomic E-state index is 0.193. The molecule has 0 amide bonds. The molecule has 7 heteroatoms. The van der Waals surface area contributed by atoms with E-state index in [0.717, 1.165) is 25.5 Å². The normalized spacial score (nSPS) is 21.7. The predicted molar refractivity (Wildman–Crippen MR) is 90.5 cm³/mol. The van der Waals surface area contributed by atoms with Gasteiger partial charge in [0.25, 0.3) is 0 Å². The van der Waals surface area contributed by atoms with Crippen molar-refractivity contribution in [2.75, 3.05) is 36.8 Å². The lowest BCUT2D eigenvalue weighted by Crippen LogP contribution is -2.50. The van der Waals surface area contributed by atoms with Gasteiger partial charge < -0.3 is 15.1 Å². The maximum atomic E-state index is 13.6. The molecule has 1 aromatic carbocycles. The standard InChI is InChI=1S/C17H18FN5O/c18-10-3-4-13-12(8-10)14-15(24-13)16(21-17(19)20-14)23-7-6-22-5-1-2-11(22)9-23/h3-4,8,11H,1-2,5-7,9H2,(H2,19,20,21). The van der Waals surface area contributed by atoms with Crippen molar-refractivity contribution in [2.45, 2.75) is 18.9 Å². The molecule has 4 heterocycles. The van der Waals surface area contributed by atoms with Crippen LogP contribution in [0.15, 0.2) is 22.6 Å². The van der Waals surface area contributed by atoms with Crippen LogP contribution in [0.4, 0.5) is 16.2 Å². The van der Waals surface area contributed by atoms with E-state index in [1.165, 1.54) is 31.5 Å². The topological polar surface area (TPSA) is 71.4 Å². The number of hydrogen-bond acceptors (Lipinski definition) is 6. The smallest absolute Gasteiger partial charge is 0.222 e. The Hall–Kier alpha value is -2.41. The summed E-state index contributed by atoms with van der Waals surface area (Å²) in [6, 6.07) is 5.01. The molecule has 2 N–H and O–H groups in total. The van der Waals surface area contributed by atoms with Crippen molar-refractivity contribution in [3.05, 3.63) is 24.0 Å². The number of piperazine rings is 1. The summed E-state index contributed by atoms with van der Waals surface area (Å²) >= 11 is 0. The van der Waals surface area contributed by atoms with Crippen LogP contribution in [0.1, 0.15) is 12.8 Å². The Morgan fingerprint density at radius 3 is 3.04 bits per heavy atom. The van der Waals surface area contributed by atoms with Crippen molar-refractivity contribution in [3.8, 4) is 0 Å². The van der Waals surface area contributed by atoms with Crippen LogP contribution in [-0.4, -0.2) is 47.1 Å². The second kappa shape index (κ2) is 5.04. The molecule has 0 saturated carbocycles. The SMILES string of the molecule is Nc1nc(N2CCN3CCCC3C2)c2oc3ccc(F)cc3c2n1. The van der Waals surface area contributed by atoms with Gasteiger partial charge >= 0.3 is 0 Å². The van der Waals surface area contributed by atoms with Crippen molar-refractivity contribution in [1.82, 2.24) is 14.9 Å². The van der Waals surface area contributed by atoms with Gasteiger partial charge in [0.15, 0.2) is 11.4 Å². The molecular weight excluding hydrogens is 309 g/mol. The number of rotatable bonds is 1. The fraction of sp³-hybridized carbons (Fsp3) is 0.412. The Balaban J connectivity index is 1.66. The molecule has 0 bridgehead atoms. The van der Waals surface area contributed by atoms with Crippen LogP contribution in [-0.2, 0) is 0 Å². The monoisotopic (exact) mass is 327 g/mol. The van der Waals surface area contributed by atoms with E-state index < -0.39 is 0 Å². The highest BCUT2D eigenvalue weighted by molar-refractivity contribution is 6.06. The molecule has 0 aliphatic carbocycles. The number of benzene rings is 1. The summed E-state index contributed by atoms with van der Waals surface area (Å²) in [6.45, 7) is 4.00. The van der Waals surface area contributed by atoms with Crippen molar-refractivity contribution in [1.29, 1.82) is 0 Å². The van der Waals surface area contributed by atoms with Gasteiger partial charge in [-0.1, -0.05) is 0 Å². The summed E-state index contributed by atoms with van der Waals surface area (Å²) in [5, 5.41) is 0.639. The van der Waals surface area contributed by atoms with E-state index in [0.29, 0.717) is 28.1 Å². The largest absolute Gasteiger partial charge is 0.450 e. The highest BCUT2D eigenvalue weighted by atomic mass is 19.1. The van der Waals surface area contributed by atoms with E-state index >= 15 is 0 Å². The lowest BCUT2D eigenvalue weighted by molar-refractivity contribution is 0.230. The molecule has 1 atom stereocenters. The Kier molecular flexibility index (Phi) is 2.94. The number of nitrogens with zero attached hydrogens (tertiary/aromatic N) is 4. The molecule has 5 rings (SSSR count). The van der Waals surface area contributed by atoms with Gasteiger partial charge in [-0.2, -0.15) is 4.98 Å². The van der Waals surface area contributed by atoms with E-state index in [4.69, 9.17) is 10.2 Å². The highest BCUT2D eigenvalue weighted by Gasteiger charge is 2.32. The maximum absolute atomic E-state index is 13.6. The lowest BCUT2D eigenvalue weighted by atomic mass is 10.1. The number of furan rings is 1. The van der Waals surface area contributed by atoms with Crippen LogP contribution >= 0.6 is 0 Å². The van der Waals surface area contributed by atoms with Gasteiger partial charge in [-0.05, 0) is 37.6 Å². The molecule has 0 radical (unpaired) electrons. The van der Waals surface area contributed by atoms with Gasteiger partial charge in [-0.15, -0.1) is 0 Å². The number of halogens is 1. The third-order valence-electron chi connectivity index (χ3n) is 5.16. The van der Waals surface area contributed by atoms with Gasteiger partial charge in [0.05, 0.1) is 0 Å². The average molecular weight is 327 g/mol. The third kappa shape index (κ3) is 2.04.